The molecule has 0 bridgehead atoms. The quantitative estimate of drug-likeness (QED) is 0.513. The number of nitrogens with zero attached hydrogens (tertiary/aromatic N) is 4. The molecule has 1 aliphatic rings. The fourth-order valence-electron chi connectivity index (χ4n) is 4.59. The number of benzene rings is 1. The molecule has 1 aromatic carbocycles. The fourth-order valence-corrected chi connectivity index (χ4v) is 5.52. The summed E-state index contributed by atoms with van der Waals surface area (Å²) in [4.78, 5) is 30.8. The number of thiazole rings is 1. The standard InChI is InChI=1S/C22H22N4O2S/c1-13-12-29-20(23-13)15-10-7-11-26-17(14-8-5-4-6-9-14)16-19(18(15)26)24(2)22(28)25(3)21(16)27/h4-6,8-9,12,15H,7,10-11H2,1-3H3/t15-/m0/s1. The summed E-state index contributed by atoms with van der Waals surface area (Å²) in [7, 11) is 3.32. The smallest absolute Gasteiger partial charge is 0.331 e. The third-order valence-electron chi connectivity index (χ3n) is 5.89. The molecule has 6 nitrogen and oxygen atoms in total. The van der Waals surface area contributed by atoms with E-state index < -0.39 is 0 Å². The average molecular weight is 407 g/mol. The van der Waals surface area contributed by atoms with E-state index in [9.17, 15) is 9.59 Å². The van der Waals surface area contributed by atoms with Crippen molar-refractivity contribution in [1.29, 1.82) is 0 Å². The Hall–Kier alpha value is -2.93. The largest absolute Gasteiger partial charge is 0.341 e. The Labute approximate surface area is 171 Å². The van der Waals surface area contributed by atoms with Gasteiger partial charge in [0.05, 0.1) is 28.2 Å². The number of fused-ring (bicyclic) bond motifs is 3. The van der Waals surface area contributed by atoms with E-state index in [4.69, 9.17) is 4.98 Å². The molecule has 7 heteroatoms. The number of hydrogen-bond donors (Lipinski definition) is 0. The first kappa shape index (κ1) is 18.1. The minimum atomic E-state index is -0.296. The Kier molecular flexibility index (Phi) is 4.10. The Morgan fingerprint density at radius 1 is 1.10 bits per heavy atom. The van der Waals surface area contributed by atoms with Crippen molar-refractivity contribution in [3.63, 3.8) is 0 Å². The van der Waals surface area contributed by atoms with Gasteiger partial charge in [-0.05, 0) is 25.3 Å². The predicted molar refractivity (Wildman–Crippen MR) is 116 cm³/mol. The third kappa shape index (κ3) is 2.57. The van der Waals surface area contributed by atoms with Gasteiger partial charge in [-0.2, -0.15) is 0 Å². The van der Waals surface area contributed by atoms with Crippen molar-refractivity contribution in [2.45, 2.75) is 32.2 Å². The van der Waals surface area contributed by atoms with E-state index in [2.05, 4.69) is 9.95 Å². The fraction of sp³-hybridized carbons (Fsp3) is 0.318. The van der Waals surface area contributed by atoms with Crippen LogP contribution in [-0.2, 0) is 20.6 Å². The Balaban J connectivity index is 1.97. The summed E-state index contributed by atoms with van der Waals surface area (Å²) in [5.41, 5.74) is 4.16. The summed E-state index contributed by atoms with van der Waals surface area (Å²) in [6.07, 6.45) is 1.97. The molecule has 0 saturated carbocycles. The van der Waals surface area contributed by atoms with Gasteiger partial charge in [0.15, 0.2) is 0 Å². The molecule has 29 heavy (non-hydrogen) atoms. The van der Waals surface area contributed by atoms with E-state index in [-0.39, 0.29) is 17.2 Å². The first-order chi connectivity index (χ1) is 14.0. The van der Waals surface area contributed by atoms with Crippen molar-refractivity contribution in [2.75, 3.05) is 0 Å². The molecule has 3 aromatic heterocycles. The normalized spacial score (nSPS) is 16.3. The van der Waals surface area contributed by atoms with Gasteiger partial charge in [-0.25, -0.2) is 9.78 Å². The monoisotopic (exact) mass is 406 g/mol. The van der Waals surface area contributed by atoms with Crippen LogP contribution in [0.1, 0.15) is 35.2 Å². The molecule has 0 radical (unpaired) electrons. The molecule has 4 aromatic rings. The number of hydrogen-bond acceptors (Lipinski definition) is 4. The van der Waals surface area contributed by atoms with Gasteiger partial charge < -0.3 is 4.57 Å². The van der Waals surface area contributed by atoms with Gasteiger partial charge in [-0.1, -0.05) is 30.3 Å². The lowest BCUT2D eigenvalue weighted by atomic mass is 9.95. The molecule has 4 heterocycles. The number of rotatable bonds is 2. The molecule has 0 unspecified atom stereocenters. The summed E-state index contributed by atoms with van der Waals surface area (Å²) >= 11 is 1.66. The lowest BCUT2D eigenvalue weighted by Gasteiger charge is -2.25. The zero-order valence-electron chi connectivity index (χ0n) is 16.7. The van der Waals surface area contributed by atoms with E-state index in [0.717, 1.165) is 52.6 Å². The van der Waals surface area contributed by atoms with Crippen LogP contribution in [0.4, 0.5) is 0 Å². The molecule has 0 aliphatic carbocycles. The molecule has 5 rings (SSSR count). The van der Waals surface area contributed by atoms with Crippen LogP contribution in [0.25, 0.3) is 22.2 Å². The van der Waals surface area contributed by atoms with Crippen molar-refractivity contribution >= 4 is 22.2 Å². The van der Waals surface area contributed by atoms with E-state index >= 15 is 0 Å². The molecule has 0 saturated heterocycles. The van der Waals surface area contributed by atoms with E-state index in [1.807, 2.05) is 37.3 Å². The van der Waals surface area contributed by atoms with Crippen LogP contribution in [0.2, 0.25) is 0 Å². The predicted octanol–water partition coefficient (Wildman–Crippen LogP) is 3.40. The van der Waals surface area contributed by atoms with Gasteiger partial charge in [-0.15, -0.1) is 11.3 Å². The van der Waals surface area contributed by atoms with Crippen LogP contribution in [0.3, 0.4) is 0 Å². The van der Waals surface area contributed by atoms with Crippen molar-refractivity contribution in [1.82, 2.24) is 18.7 Å². The van der Waals surface area contributed by atoms with Crippen molar-refractivity contribution < 1.29 is 0 Å². The molecular weight excluding hydrogens is 384 g/mol. The molecule has 0 amide bonds. The Morgan fingerprint density at radius 2 is 1.86 bits per heavy atom. The second-order valence-corrected chi connectivity index (χ2v) is 8.59. The topological polar surface area (TPSA) is 61.8 Å². The molecule has 0 N–H and O–H groups in total. The minimum Gasteiger partial charge on any atom is -0.341 e. The van der Waals surface area contributed by atoms with Gasteiger partial charge in [0.2, 0.25) is 0 Å². The SMILES string of the molecule is Cc1csc([C@H]2CCCn3c(-c4ccccc4)c4c(=O)n(C)c(=O)n(C)c4c32)n1. The van der Waals surface area contributed by atoms with Gasteiger partial charge in [-0.3, -0.25) is 13.9 Å². The van der Waals surface area contributed by atoms with Crippen LogP contribution < -0.4 is 11.2 Å². The molecule has 148 valence electrons. The Bertz CT molecular complexity index is 1360. The van der Waals surface area contributed by atoms with Crippen molar-refractivity contribution in [3.8, 4) is 11.3 Å². The highest BCUT2D eigenvalue weighted by atomic mass is 32.1. The van der Waals surface area contributed by atoms with Crippen molar-refractivity contribution in [3.05, 3.63) is 72.9 Å². The van der Waals surface area contributed by atoms with Gasteiger partial charge in [0, 0.05) is 31.7 Å². The van der Waals surface area contributed by atoms with Gasteiger partial charge in [0.1, 0.15) is 5.01 Å². The van der Waals surface area contributed by atoms with E-state index in [0.29, 0.717) is 5.39 Å². The number of aromatic nitrogens is 4. The highest BCUT2D eigenvalue weighted by molar-refractivity contribution is 7.09. The maximum atomic E-state index is 13.3. The lowest BCUT2D eigenvalue weighted by molar-refractivity contribution is 0.495. The zero-order chi connectivity index (χ0) is 20.3. The van der Waals surface area contributed by atoms with Crippen LogP contribution in [0.5, 0.6) is 0 Å². The lowest BCUT2D eigenvalue weighted by Crippen LogP contribution is -2.37. The summed E-state index contributed by atoms with van der Waals surface area (Å²) < 4.78 is 5.10. The van der Waals surface area contributed by atoms with E-state index in [1.165, 1.54) is 4.57 Å². The first-order valence-electron chi connectivity index (χ1n) is 9.78. The molecule has 0 spiro atoms. The van der Waals surface area contributed by atoms with E-state index in [1.54, 1.807) is 30.0 Å². The molecule has 1 aliphatic heterocycles. The second-order valence-electron chi connectivity index (χ2n) is 7.70. The average Bonchev–Trinajstić information content (AvgIpc) is 3.32. The molecule has 0 fully saturated rings. The molecular formula is C22H22N4O2S. The van der Waals surface area contributed by atoms with Crippen LogP contribution in [0.15, 0.2) is 45.3 Å². The maximum absolute atomic E-state index is 13.3. The summed E-state index contributed by atoms with van der Waals surface area (Å²) in [6.45, 7) is 2.83. The summed E-state index contributed by atoms with van der Waals surface area (Å²) in [6, 6.07) is 10.0. The second kappa shape index (κ2) is 6.56. The highest BCUT2D eigenvalue weighted by Gasteiger charge is 2.33. The van der Waals surface area contributed by atoms with Crippen LogP contribution >= 0.6 is 11.3 Å². The van der Waals surface area contributed by atoms with Crippen LogP contribution in [0, 0.1) is 6.92 Å². The summed E-state index contributed by atoms with van der Waals surface area (Å²) in [5.74, 6) is 0.0834. The minimum absolute atomic E-state index is 0.0834. The molecule has 1 atom stereocenters. The Morgan fingerprint density at radius 3 is 2.55 bits per heavy atom. The number of aryl methyl sites for hydroxylation is 2. The zero-order valence-corrected chi connectivity index (χ0v) is 17.5. The van der Waals surface area contributed by atoms with Crippen molar-refractivity contribution in [2.24, 2.45) is 14.1 Å². The van der Waals surface area contributed by atoms with Gasteiger partial charge >= 0.3 is 5.69 Å². The maximum Gasteiger partial charge on any atom is 0.331 e. The third-order valence-corrected chi connectivity index (χ3v) is 6.97. The van der Waals surface area contributed by atoms with Gasteiger partial charge in [0.25, 0.3) is 5.56 Å². The highest BCUT2D eigenvalue weighted by Crippen LogP contribution is 2.43. The first-order valence-corrected chi connectivity index (χ1v) is 10.7. The summed E-state index contributed by atoms with van der Waals surface area (Å²) in [5, 5.41) is 3.74. The van der Waals surface area contributed by atoms with Crippen LogP contribution in [-0.4, -0.2) is 18.7 Å².